The summed E-state index contributed by atoms with van der Waals surface area (Å²) in [6, 6.07) is 19.3. The fourth-order valence-electron chi connectivity index (χ4n) is 5.17. The van der Waals surface area contributed by atoms with E-state index in [9.17, 15) is 9.90 Å². The first kappa shape index (κ1) is 36.7. The fraction of sp³-hybridized carbons (Fsp3) is 0.500. The normalized spacial score (nSPS) is 11.2. The molecule has 0 heterocycles. The van der Waals surface area contributed by atoms with Crippen LogP contribution in [-0.4, -0.2) is 30.5 Å². The number of rotatable bonds is 24. The van der Waals surface area contributed by atoms with E-state index < -0.39 is 5.97 Å². The number of hydrogen-bond donors (Lipinski definition) is 1. The molecule has 3 aromatic carbocycles. The van der Waals surface area contributed by atoms with Crippen molar-refractivity contribution < 1.29 is 24.1 Å². The Balaban J connectivity index is 1.35. The second kappa shape index (κ2) is 22.7. The van der Waals surface area contributed by atoms with Gasteiger partial charge in [-0.15, -0.1) is 0 Å². The molecular formula is C40H55NO5. The number of aliphatic imine (C=N–C) groups is 1. The van der Waals surface area contributed by atoms with Gasteiger partial charge in [0.05, 0.1) is 24.5 Å². The van der Waals surface area contributed by atoms with Crippen molar-refractivity contribution in [2.75, 3.05) is 13.2 Å². The number of phenolic OH excluding ortho intramolecular Hbond substituents is 1. The molecule has 6 heteroatoms. The quantitative estimate of drug-likeness (QED) is 0.0462. The van der Waals surface area contributed by atoms with Crippen LogP contribution in [0.4, 0.5) is 5.69 Å². The van der Waals surface area contributed by atoms with Gasteiger partial charge in [0.1, 0.15) is 23.0 Å². The third-order valence-corrected chi connectivity index (χ3v) is 8.03. The SMILES string of the molecule is CCCCCCCCCCOc1ccc(C(=O)Oc2ccc(N=Cc3ccc(OCCCCCCCCCC)cc3O)cc2)cc1. The van der Waals surface area contributed by atoms with E-state index in [1.165, 1.54) is 89.9 Å². The second-order valence-corrected chi connectivity index (χ2v) is 12.0. The highest BCUT2D eigenvalue weighted by Gasteiger charge is 2.09. The van der Waals surface area contributed by atoms with E-state index in [-0.39, 0.29) is 5.75 Å². The first-order valence-electron chi connectivity index (χ1n) is 17.6. The zero-order valence-corrected chi connectivity index (χ0v) is 28.2. The van der Waals surface area contributed by atoms with E-state index in [4.69, 9.17) is 14.2 Å². The molecule has 0 unspecified atom stereocenters. The van der Waals surface area contributed by atoms with Gasteiger partial charge in [0.25, 0.3) is 0 Å². The van der Waals surface area contributed by atoms with E-state index in [0.29, 0.717) is 41.5 Å². The second-order valence-electron chi connectivity index (χ2n) is 12.0. The van der Waals surface area contributed by atoms with Gasteiger partial charge in [0, 0.05) is 17.8 Å². The summed E-state index contributed by atoms with van der Waals surface area (Å²) in [5.41, 5.74) is 1.73. The average Bonchev–Trinajstić information content (AvgIpc) is 3.07. The van der Waals surface area contributed by atoms with Gasteiger partial charge in [-0.2, -0.15) is 0 Å². The van der Waals surface area contributed by atoms with E-state index in [2.05, 4.69) is 18.8 Å². The van der Waals surface area contributed by atoms with Crippen molar-refractivity contribution in [1.82, 2.24) is 0 Å². The Hall–Kier alpha value is -3.80. The van der Waals surface area contributed by atoms with Gasteiger partial charge < -0.3 is 19.3 Å². The molecule has 46 heavy (non-hydrogen) atoms. The molecule has 1 N–H and O–H groups in total. The third-order valence-electron chi connectivity index (χ3n) is 8.03. The molecule has 0 atom stereocenters. The summed E-state index contributed by atoms with van der Waals surface area (Å²) in [6.07, 6.45) is 21.7. The summed E-state index contributed by atoms with van der Waals surface area (Å²) in [5.74, 6) is 1.53. The molecule has 0 saturated heterocycles. The number of benzene rings is 3. The summed E-state index contributed by atoms with van der Waals surface area (Å²) >= 11 is 0. The highest BCUT2D eigenvalue weighted by molar-refractivity contribution is 5.91. The van der Waals surface area contributed by atoms with Crippen LogP contribution in [0.5, 0.6) is 23.0 Å². The number of carbonyl (C=O) groups is 1. The van der Waals surface area contributed by atoms with Crippen molar-refractivity contribution in [3.05, 3.63) is 77.9 Å². The average molecular weight is 630 g/mol. The van der Waals surface area contributed by atoms with Gasteiger partial charge in [-0.25, -0.2) is 4.79 Å². The smallest absolute Gasteiger partial charge is 0.343 e. The van der Waals surface area contributed by atoms with Crippen molar-refractivity contribution in [2.24, 2.45) is 4.99 Å². The van der Waals surface area contributed by atoms with Crippen LogP contribution in [0.15, 0.2) is 71.7 Å². The van der Waals surface area contributed by atoms with Gasteiger partial charge in [-0.3, -0.25) is 4.99 Å². The van der Waals surface area contributed by atoms with Crippen molar-refractivity contribution >= 4 is 17.9 Å². The molecule has 3 rings (SSSR count). The molecule has 0 aliphatic heterocycles. The van der Waals surface area contributed by atoms with Crippen molar-refractivity contribution in [3.8, 4) is 23.0 Å². The molecule has 0 fully saturated rings. The Bertz CT molecular complexity index is 1270. The number of nitrogens with zero attached hydrogens (tertiary/aromatic N) is 1. The maximum atomic E-state index is 12.6. The molecule has 0 radical (unpaired) electrons. The topological polar surface area (TPSA) is 77.4 Å². The van der Waals surface area contributed by atoms with Crippen molar-refractivity contribution in [2.45, 2.75) is 117 Å². The van der Waals surface area contributed by atoms with Crippen LogP contribution in [0.1, 0.15) is 133 Å². The molecule has 6 nitrogen and oxygen atoms in total. The number of aromatic hydroxyl groups is 1. The van der Waals surface area contributed by atoms with Crippen molar-refractivity contribution in [1.29, 1.82) is 0 Å². The zero-order valence-electron chi connectivity index (χ0n) is 28.2. The molecule has 0 aromatic heterocycles. The summed E-state index contributed by atoms with van der Waals surface area (Å²) in [7, 11) is 0. The van der Waals surface area contributed by atoms with E-state index >= 15 is 0 Å². The number of esters is 1. The highest BCUT2D eigenvalue weighted by atomic mass is 16.5. The highest BCUT2D eigenvalue weighted by Crippen LogP contribution is 2.25. The number of hydrogen-bond acceptors (Lipinski definition) is 6. The number of carbonyl (C=O) groups excluding carboxylic acids is 1. The maximum absolute atomic E-state index is 12.6. The van der Waals surface area contributed by atoms with Crippen LogP contribution in [-0.2, 0) is 0 Å². The summed E-state index contributed by atoms with van der Waals surface area (Å²) in [6.45, 7) is 5.82. The van der Waals surface area contributed by atoms with E-state index in [1.807, 2.05) is 18.2 Å². The molecule has 0 spiro atoms. The molecule has 0 aliphatic rings. The van der Waals surface area contributed by atoms with Crippen LogP contribution in [0.2, 0.25) is 0 Å². The Morgan fingerprint density at radius 2 is 1.09 bits per heavy atom. The maximum Gasteiger partial charge on any atom is 0.343 e. The first-order chi connectivity index (χ1) is 22.6. The Kier molecular flexibility index (Phi) is 18.1. The zero-order chi connectivity index (χ0) is 32.7. The fourth-order valence-corrected chi connectivity index (χ4v) is 5.17. The Morgan fingerprint density at radius 1 is 0.609 bits per heavy atom. The Labute approximate surface area is 277 Å². The summed E-state index contributed by atoms with van der Waals surface area (Å²) in [5, 5.41) is 10.4. The lowest BCUT2D eigenvalue weighted by Gasteiger charge is -2.08. The van der Waals surface area contributed by atoms with Gasteiger partial charge in [-0.05, 0) is 73.5 Å². The Morgan fingerprint density at radius 3 is 1.63 bits per heavy atom. The largest absolute Gasteiger partial charge is 0.507 e. The third kappa shape index (κ3) is 15.0. The molecule has 3 aromatic rings. The van der Waals surface area contributed by atoms with Crippen LogP contribution in [0.3, 0.4) is 0 Å². The van der Waals surface area contributed by atoms with Gasteiger partial charge >= 0.3 is 5.97 Å². The molecule has 0 amide bonds. The minimum atomic E-state index is -0.430. The lowest BCUT2D eigenvalue weighted by molar-refractivity contribution is 0.0734. The minimum absolute atomic E-state index is 0.118. The predicted octanol–water partition coefficient (Wildman–Crippen LogP) is 11.4. The van der Waals surface area contributed by atoms with Crippen molar-refractivity contribution in [3.63, 3.8) is 0 Å². The van der Waals surface area contributed by atoms with Crippen LogP contribution < -0.4 is 14.2 Å². The molecule has 0 saturated carbocycles. The van der Waals surface area contributed by atoms with E-state index in [0.717, 1.165) is 18.6 Å². The minimum Gasteiger partial charge on any atom is -0.507 e. The first-order valence-corrected chi connectivity index (χ1v) is 17.6. The standard InChI is InChI=1S/C40H55NO5/c1-3-5-7-9-11-13-15-17-29-44-36-24-19-33(20-25-36)40(43)46-37-27-22-35(23-28-37)41-32-34-21-26-38(31-39(34)42)45-30-18-16-14-12-10-8-6-4-2/h19-28,31-32,42H,3-18,29-30H2,1-2H3. The van der Waals surface area contributed by atoms with E-state index in [1.54, 1.807) is 54.7 Å². The lowest BCUT2D eigenvalue weighted by Crippen LogP contribution is -2.08. The molecular weight excluding hydrogens is 574 g/mol. The van der Waals surface area contributed by atoms with Crippen LogP contribution in [0.25, 0.3) is 0 Å². The van der Waals surface area contributed by atoms with Crippen LogP contribution >= 0.6 is 0 Å². The van der Waals surface area contributed by atoms with Gasteiger partial charge in [-0.1, -0.05) is 104 Å². The lowest BCUT2D eigenvalue weighted by atomic mass is 10.1. The predicted molar refractivity (Wildman–Crippen MR) is 189 cm³/mol. The summed E-state index contributed by atoms with van der Waals surface area (Å²) < 4.78 is 17.2. The molecule has 0 aliphatic carbocycles. The monoisotopic (exact) mass is 629 g/mol. The number of unbranched alkanes of at least 4 members (excludes halogenated alkanes) is 14. The summed E-state index contributed by atoms with van der Waals surface area (Å²) in [4.78, 5) is 17.1. The molecule has 250 valence electrons. The molecule has 0 bridgehead atoms. The van der Waals surface area contributed by atoms with Gasteiger partial charge in [0.2, 0.25) is 0 Å². The van der Waals surface area contributed by atoms with Crippen LogP contribution in [0, 0.1) is 0 Å². The number of ether oxygens (including phenoxy) is 3. The number of phenols is 1. The van der Waals surface area contributed by atoms with Gasteiger partial charge in [0.15, 0.2) is 0 Å².